The molecule has 0 N–H and O–H groups in total. The fourth-order valence-corrected chi connectivity index (χ4v) is 2.65. The number of rotatable bonds is 6. The van der Waals surface area contributed by atoms with E-state index in [2.05, 4.69) is 15.3 Å². The number of carbonyl (C=O) groups is 1. The van der Waals surface area contributed by atoms with Crippen LogP contribution in [-0.2, 0) is 22.6 Å². The van der Waals surface area contributed by atoms with Crippen molar-refractivity contribution < 1.29 is 18.6 Å². The molecule has 0 atom stereocenters. The summed E-state index contributed by atoms with van der Waals surface area (Å²) in [6.45, 7) is 3.75. The van der Waals surface area contributed by atoms with Crippen LogP contribution in [0.5, 0.6) is 0 Å². The SMILES string of the molecule is Cc1noc(C)c1COC(=O)CCc1nc(-c2cccs2)no1. The van der Waals surface area contributed by atoms with Gasteiger partial charge in [0.05, 0.1) is 22.6 Å². The summed E-state index contributed by atoms with van der Waals surface area (Å²) in [5.74, 6) is 1.29. The molecule has 0 saturated carbocycles. The summed E-state index contributed by atoms with van der Waals surface area (Å²) in [5, 5.41) is 9.66. The van der Waals surface area contributed by atoms with Crippen molar-refractivity contribution in [2.24, 2.45) is 0 Å². The van der Waals surface area contributed by atoms with Crippen LogP contribution in [0.25, 0.3) is 10.7 Å². The van der Waals surface area contributed by atoms with Crippen molar-refractivity contribution >= 4 is 17.3 Å². The quantitative estimate of drug-likeness (QED) is 0.640. The predicted octanol–water partition coefficient (Wildman–Crippen LogP) is 3.08. The second-order valence-electron chi connectivity index (χ2n) is 4.95. The highest BCUT2D eigenvalue weighted by Crippen LogP contribution is 2.21. The van der Waals surface area contributed by atoms with Gasteiger partial charge in [-0.25, -0.2) is 0 Å². The third-order valence-corrected chi connectivity index (χ3v) is 4.18. The minimum atomic E-state index is -0.333. The van der Waals surface area contributed by atoms with E-state index in [1.165, 1.54) is 11.3 Å². The topological polar surface area (TPSA) is 91.2 Å². The van der Waals surface area contributed by atoms with Gasteiger partial charge in [0.15, 0.2) is 0 Å². The van der Waals surface area contributed by atoms with Crippen LogP contribution in [0, 0.1) is 13.8 Å². The van der Waals surface area contributed by atoms with Crippen LogP contribution >= 0.6 is 11.3 Å². The summed E-state index contributed by atoms with van der Waals surface area (Å²) < 4.78 is 15.4. The zero-order valence-corrected chi connectivity index (χ0v) is 13.6. The van der Waals surface area contributed by atoms with E-state index in [0.717, 1.165) is 16.1 Å². The van der Waals surface area contributed by atoms with Gasteiger partial charge in [0.2, 0.25) is 11.7 Å². The molecular formula is C15H15N3O4S. The van der Waals surface area contributed by atoms with Gasteiger partial charge in [-0.3, -0.25) is 4.79 Å². The number of carbonyl (C=O) groups excluding carboxylic acids is 1. The molecule has 23 heavy (non-hydrogen) atoms. The van der Waals surface area contributed by atoms with E-state index < -0.39 is 0 Å². The maximum absolute atomic E-state index is 11.8. The van der Waals surface area contributed by atoms with Gasteiger partial charge in [0.1, 0.15) is 12.4 Å². The van der Waals surface area contributed by atoms with E-state index in [9.17, 15) is 4.79 Å². The van der Waals surface area contributed by atoms with Crippen LogP contribution in [0.3, 0.4) is 0 Å². The van der Waals surface area contributed by atoms with Crippen molar-refractivity contribution in [2.45, 2.75) is 33.3 Å². The number of esters is 1. The Morgan fingerprint density at radius 1 is 1.30 bits per heavy atom. The summed E-state index contributed by atoms with van der Waals surface area (Å²) in [6.07, 6.45) is 0.522. The third kappa shape index (κ3) is 3.65. The van der Waals surface area contributed by atoms with Crippen molar-refractivity contribution in [3.63, 3.8) is 0 Å². The minimum absolute atomic E-state index is 0.157. The van der Waals surface area contributed by atoms with Gasteiger partial charge < -0.3 is 13.8 Å². The summed E-state index contributed by atoms with van der Waals surface area (Å²) in [5.41, 5.74) is 1.53. The van der Waals surface area contributed by atoms with Gasteiger partial charge in [0, 0.05) is 6.42 Å². The first-order valence-electron chi connectivity index (χ1n) is 7.07. The highest BCUT2D eigenvalue weighted by molar-refractivity contribution is 7.13. The molecule has 0 radical (unpaired) electrons. The van der Waals surface area contributed by atoms with Crippen LogP contribution in [0.4, 0.5) is 0 Å². The van der Waals surface area contributed by atoms with Crippen molar-refractivity contribution in [1.29, 1.82) is 0 Å². The second-order valence-corrected chi connectivity index (χ2v) is 5.90. The molecule has 0 unspecified atom stereocenters. The maximum atomic E-state index is 11.8. The zero-order chi connectivity index (χ0) is 16.2. The van der Waals surface area contributed by atoms with Crippen molar-refractivity contribution in [1.82, 2.24) is 15.3 Å². The van der Waals surface area contributed by atoms with E-state index in [1.54, 1.807) is 6.92 Å². The van der Waals surface area contributed by atoms with Gasteiger partial charge in [0.25, 0.3) is 0 Å². The van der Waals surface area contributed by atoms with E-state index in [4.69, 9.17) is 13.8 Å². The van der Waals surface area contributed by atoms with Crippen LogP contribution in [0.2, 0.25) is 0 Å². The Morgan fingerprint density at radius 2 is 2.17 bits per heavy atom. The first kappa shape index (κ1) is 15.4. The van der Waals surface area contributed by atoms with Crippen molar-refractivity contribution in [2.75, 3.05) is 0 Å². The van der Waals surface area contributed by atoms with Crippen molar-refractivity contribution in [3.05, 3.63) is 40.4 Å². The number of aromatic nitrogens is 3. The Hall–Kier alpha value is -2.48. The molecule has 3 aromatic heterocycles. The van der Waals surface area contributed by atoms with Crippen LogP contribution in [0.15, 0.2) is 26.6 Å². The molecule has 0 saturated heterocycles. The Balaban J connectivity index is 1.49. The Bertz CT molecular complexity index is 772. The van der Waals surface area contributed by atoms with Crippen molar-refractivity contribution in [3.8, 4) is 10.7 Å². The average molecular weight is 333 g/mol. The molecule has 3 rings (SSSR count). The number of nitrogens with zero attached hydrogens (tertiary/aromatic N) is 3. The Kier molecular flexibility index (Phi) is 4.52. The molecule has 3 aromatic rings. The summed E-state index contributed by atoms with van der Waals surface area (Å²) in [7, 11) is 0. The van der Waals surface area contributed by atoms with Gasteiger partial charge in [-0.1, -0.05) is 16.4 Å². The number of ether oxygens (including phenoxy) is 1. The van der Waals surface area contributed by atoms with Gasteiger partial charge in [-0.2, -0.15) is 4.98 Å². The summed E-state index contributed by atoms with van der Waals surface area (Å²) in [6, 6.07) is 3.83. The second kappa shape index (κ2) is 6.74. The number of hydrogen-bond donors (Lipinski definition) is 0. The van der Waals surface area contributed by atoms with Gasteiger partial charge >= 0.3 is 5.97 Å². The lowest BCUT2D eigenvalue weighted by Gasteiger charge is -2.03. The predicted molar refractivity (Wildman–Crippen MR) is 81.7 cm³/mol. The molecule has 3 heterocycles. The zero-order valence-electron chi connectivity index (χ0n) is 12.7. The molecule has 0 aromatic carbocycles. The monoisotopic (exact) mass is 333 g/mol. The lowest BCUT2D eigenvalue weighted by atomic mass is 10.2. The molecule has 0 amide bonds. The fraction of sp³-hybridized carbons (Fsp3) is 0.333. The van der Waals surface area contributed by atoms with Crippen LogP contribution in [0.1, 0.15) is 29.3 Å². The number of thiophene rings is 1. The van der Waals surface area contributed by atoms with Gasteiger partial charge in [-0.15, -0.1) is 11.3 Å². The highest BCUT2D eigenvalue weighted by Gasteiger charge is 2.14. The standard InChI is InChI=1S/C15H15N3O4S/c1-9-11(10(2)21-17-9)8-20-14(19)6-5-13-16-15(18-22-13)12-4-3-7-23-12/h3-4,7H,5-6,8H2,1-2H3. The molecule has 120 valence electrons. The lowest BCUT2D eigenvalue weighted by molar-refractivity contribution is -0.145. The molecular weight excluding hydrogens is 318 g/mol. The molecule has 0 aliphatic carbocycles. The Morgan fingerprint density at radius 3 is 2.87 bits per heavy atom. The fourth-order valence-electron chi connectivity index (χ4n) is 2.00. The van der Waals surface area contributed by atoms with Crippen LogP contribution in [-0.4, -0.2) is 21.3 Å². The smallest absolute Gasteiger partial charge is 0.306 e. The minimum Gasteiger partial charge on any atom is -0.461 e. The number of hydrogen-bond acceptors (Lipinski definition) is 8. The number of aryl methyl sites for hydroxylation is 3. The summed E-state index contributed by atoms with van der Waals surface area (Å²) >= 11 is 1.53. The molecule has 0 fully saturated rings. The van der Waals surface area contributed by atoms with Crippen LogP contribution < -0.4 is 0 Å². The van der Waals surface area contributed by atoms with E-state index in [0.29, 0.717) is 23.9 Å². The van der Waals surface area contributed by atoms with E-state index in [1.807, 2.05) is 24.4 Å². The first-order valence-corrected chi connectivity index (χ1v) is 7.95. The Labute approximate surface area is 136 Å². The van der Waals surface area contributed by atoms with E-state index >= 15 is 0 Å². The van der Waals surface area contributed by atoms with E-state index in [-0.39, 0.29) is 19.0 Å². The third-order valence-electron chi connectivity index (χ3n) is 3.31. The first-order chi connectivity index (χ1) is 11.1. The van der Waals surface area contributed by atoms with Gasteiger partial charge in [-0.05, 0) is 25.3 Å². The lowest BCUT2D eigenvalue weighted by Crippen LogP contribution is -2.07. The molecule has 7 nitrogen and oxygen atoms in total. The highest BCUT2D eigenvalue weighted by atomic mass is 32.1. The molecule has 0 bridgehead atoms. The average Bonchev–Trinajstić information content (AvgIpc) is 3.25. The molecule has 0 spiro atoms. The molecule has 0 aliphatic rings. The summed E-state index contributed by atoms with van der Waals surface area (Å²) in [4.78, 5) is 17.0. The maximum Gasteiger partial charge on any atom is 0.306 e. The molecule has 8 heteroatoms. The molecule has 0 aliphatic heterocycles. The normalized spacial score (nSPS) is 10.9. The largest absolute Gasteiger partial charge is 0.461 e.